The molecule has 0 spiro atoms. The van der Waals surface area contributed by atoms with E-state index in [0.717, 1.165) is 0 Å². The van der Waals surface area contributed by atoms with Gasteiger partial charge in [-0.3, -0.25) is 4.78 Å². The van der Waals surface area contributed by atoms with Crippen molar-refractivity contribution in [3.8, 4) is 0 Å². The second-order valence-electron chi connectivity index (χ2n) is 1.03. The SMILES string of the molecule is Cl.N=S1C=CC=C1. The number of allylic oxidation sites excluding steroid dienone is 2. The first-order valence-corrected chi connectivity index (χ1v) is 3.03. The Morgan fingerprint density at radius 1 is 1.14 bits per heavy atom. The van der Waals surface area contributed by atoms with Gasteiger partial charge in [0.1, 0.15) is 0 Å². The predicted octanol–water partition coefficient (Wildman–Crippen LogP) is 1.83. The van der Waals surface area contributed by atoms with Gasteiger partial charge in [0.05, 0.1) is 0 Å². The van der Waals surface area contributed by atoms with E-state index >= 15 is 0 Å². The molecule has 1 rings (SSSR count). The highest BCUT2D eigenvalue weighted by molar-refractivity contribution is 7.92. The number of hydrogen-bond donors (Lipinski definition) is 1. The van der Waals surface area contributed by atoms with Gasteiger partial charge >= 0.3 is 0 Å². The molecule has 1 nitrogen and oxygen atoms in total. The first-order chi connectivity index (χ1) is 2.89. The summed E-state index contributed by atoms with van der Waals surface area (Å²) in [7, 11) is -0.284. The molecule has 0 saturated carbocycles. The lowest BCUT2D eigenvalue weighted by atomic mass is 10.6. The van der Waals surface area contributed by atoms with Crippen molar-refractivity contribution in [1.82, 2.24) is 0 Å². The largest absolute Gasteiger partial charge is 0.272 e. The van der Waals surface area contributed by atoms with Crippen molar-refractivity contribution in [1.29, 1.82) is 4.78 Å². The standard InChI is InChI=1S/C4H5NS.ClH/c5-6-3-1-2-4-6;/h1-5H;1H. The Kier molecular flexibility index (Phi) is 2.96. The van der Waals surface area contributed by atoms with E-state index in [1.54, 1.807) is 0 Å². The molecule has 0 radical (unpaired) electrons. The zero-order valence-corrected chi connectivity index (χ0v) is 5.26. The van der Waals surface area contributed by atoms with Crippen molar-refractivity contribution < 1.29 is 0 Å². The third-order valence-corrected chi connectivity index (χ3v) is 1.46. The summed E-state index contributed by atoms with van der Waals surface area (Å²) in [6.07, 6.45) is 3.80. The number of hydrogen-bond acceptors (Lipinski definition) is 1. The molecule has 0 aromatic rings. The Balaban J connectivity index is 0.000000360. The molecule has 0 aromatic carbocycles. The normalized spacial score (nSPS) is 17.1. The van der Waals surface area contributed by atoms with Gasteiger partial charge in [-0.05, 0) is 10.8 Å². The number of rotatable bonds is 0. The van der Waals surface area contributed by atoms with Crippen LogP contribution in [0.5, 0.6) is 0 Å². The van der Waals surface area contributed by atoms with E-state index < -0.39 is 0 Å². The van der Waals surface area contributed by atoms with Crippen LogP contribution in [0.25, 0.3) is 0 Å². The van der Waals surface area contributed by atoms with Crippen molar-refractivity contribution in [2.24, 2.45) is 0 Å². The zero-order chi connectivity index (χ0) is 4.41. The molecular formula is C4H6ClNS. The van der Waals surface area contributed by atoms with Crippen LogP contribution in [0.1, 0.15) is 0 Å². The Morgan fingerprint density at radius 3 is 1.71 bits per heavy atom. The summed E-state index contributed by atoms with van der Waals surface area (Å²) in [5.41, 5.74) is 0. The predicted molar refractivity (Wildman–Crippen MR) is 35.6 cm³/mol. The average molecular weight is 136 g/mol. The molecule has 0 bridgehead atoms. The second-order valence-corrected chi connectivity index (χ2v) is 2.32. The first kappa shape index (κ1) is 6.92. The fourth-order valence-electron chi connectivity index (χ4n) is 0.305. The van der Waals surface area contributed by atoms with E-state index in [4.69, 9.17) is 4.78 Å². The molecule has 0 fully saturated rings. The van der Waals surface area contributed by atoms with E-state index in [9.17, 15) is 0 Å². The third kappa shape index (κ3) is 1.90. The van der Waals surface area contributed by atoms with E-state index in [1.165, 1.54) is 0 Å². The van der Waals surface area contributed by atoms with Gasteiger partial charge in [-0.2, -0.15) is 0 Å². The van der Waals surface area contributed by atoms with Crippen LogP contribution in [0, 0.1) is 4.78 Å². The molecule has 40 valence electrons. The zero-order valence-electron chi connectivity index (χ0n) is 3.63. The van der Waals surface area contributed by atoms with Crippen LogP contribution < -0.4 is 0 Å². The maximum absolute atomic E-state index is 6.99. The van der Waals surface area contributed by atoms with Crippen LogP contribution in [0.4, 0.5) is 0 Å². The summed E-state index contributed by atoms with van der Waals surface area (Å²) in [5, 5.41) is 3.72. The molecule has 1 aliphatic heterocycles. The lowest BCUT2D eigenvalue weighted by molar-refractivity contribution is 1.65. The third-order valence-electron chi connectivity index (χ3n) is 0.561. The van der Waals surface area contributed by atoms with Crippen molar-refractivity contribution in [2.45, 2.75) is 0 Å². The fraction of sp³-hybridized carbons (Fsp3) is 0. The maximum atomic E-state index is 6.99. The minimum atomic E-state index is -0.284. The minimum absolute atomic E-state index is 0. The van der Waals surface area contributed by atoms with Crippen LogP contribution in [-0.4, -0.2) is 0 Å². The Labute approximate surface area is 51.4 Å². The van der Waals surface area contributed by atoms with E-state index in [1.807, 2.05) is 23.0 Å². The van der Waals surface area contributed by atoms with E-state index in [0.29, 0.717) is 0 Å². The van der Waals surface area contributed by atoms with Gasteiger partial charge in [0.15, 0.2) is 0 Å². The second kappa shape index (κ2) is 2.99. The van der Waals surface area contributed by atoms with E-state index in [-0.39, 0.29) is 23.1 Å². The van der Waals surface area contributed by atoms with Crippen LogP contribution in [0.3, 0.4) is 0 Å². The van der Waals surface area contributed by atoms with Gasteiger partial charge in [-0.15, -0.1) is 12.4 Å². The fourth-order valence-corrected chi connectivity index (χ4v) is 0.916. The van der Waals surface area contributed by atoms with Gasteiger partial charge in [0, 0.05) is 0 Å². The number of halogens is 1. The first-order valence-electron chi connectivity index (χ1n) is 1.68. The summed E-state index contributed by atoms with van der Waals surface area (Å²) < 4.78 is 6.99. The van der Waals surface area contributed by atoms with Crippen molar-refractivity contribution >= 4 is 23.1 Å². The lowest BCUT2D eigenvalue weighted by Gasteiger charge is -1.72. The molecule has 1 N–H and O–H groups in total. The lowest BCUT2D eigenvalue weighted by Crippen LogP contribution is -1.58. The van der Waals surface area contributed by atoms with Crippen LogP contribution >= 0.6 is 12.4 Å². The molecule has 0 unspecified atom stereocenters. The van der Waals surface area contributed by atoms with Gasteiger partial charge in [-0.1, -0.05) is 22.8 Å². The Morgan fingerprint density at radius 2 is 1.57 bits per heavy atom. The smallest absolute Gasteiger partial charge is 0.0140 e. The molecule has 1 aliphatic rings. The Hall–Kier alpha value is -0.0800. The maximum Gasteiger partial charge on any atom is -0.0140 e. The molecule has 0 atom stereocenters. The molecule has 0 saturated heterocycles. The minimum Gasteiger partial charge on any atom is -0.272 e. The molecule has 7 heavy (non-hydrogen) atoms. The molecule has 0 aliphatic carbocycles. The van der Waals surface area contributed by atoms with E-state index in [2.05, 4.69) is 0 Å². The molecular weight excluding hydrogens is 130 g/mol. The topological polar surface area (TPSA) is 23.9 Å². The average Bonchev–Trinajstić information content (AvgIpc) is 1.86. The van der Waals surface area contributed by atoms with Crippen LogP contribution in [0.15, 0.2) is 23.0 Å². The van der Waals surface area contributed by atoms with Crippen molar-refractivity contribution in [2.75, 3.05) is 0 Å². The Bertz CT molecular complexity index is 114. The van der Waals surface area contributed by atoms with Crippen LogP contribution in [-0.2, 0) is 10.7 Å². The molecule has 0 aromatic heterocycles. The summed E-state index contributed by atoms with van der Waals surface area (Å²) in [6.45, 7) is 0. The van der Waals surface area contributed by atoms with Gasteiger partial charge in [-0.25, -0.2) is 0 Å². The molecule has 3 heteroatoms. The molecule has 0 amide bonds. The quantitative estimate of drug-likeness (QED) is 0.524. The van der Waals surface area contributed by atoms with Crippen molar-refractivity contribution in [3.05, 3.63) is 23.0 Å². The highest BCUT2D eigenvalue weighted by Crippen LogP contribution is 1.96. The van der Waals surface area contributed by atoms with Gasteiger partial charge < -0.3 is 0 Å². The highest BCUT2D eigenvalue weighted by atomic mass is 35.5. The summed E-state index contributed by atoms with van der Waals surface area (Å²) in [6, 6.07) is 0. The molecule has 1 heterocycles. The van der Waals surface area contributed by atoms with Gasteiger partial charge in [0.2, 0.25) is 0 Å². The van der Waals surface area contributed by atoms with Crippen LogP contribution in [0.2, 0.25) is 0 Å². The monoisotopic (exact) mass is 135 g/mol. The highest BCUT2D eigenvalue weighted by Gasteiger charge is 1.81. The van der Waals surface area contributed by atoms with Crippen molar-refractivity contribution in [3.63, 3.8) is 0 Å². The summed E-state index contributed by atoms with van der Waals surface area (Å²) in [5.74, 6) is 0. The summed E-state index contributed by atoms with van der Waals surface area (Å²) >= 11 is 0. The summed E-state index contributed by atoms with van der Waals surface area (Å²) in [4.78, 5) is 0. The number of nitrogens with one attached hydrogen (secondary N) is 1. The van der Waals surface area contributed by atoms with Gasteiger partial charge in [0.25, 0.3) is 0 Å².